The number of likely N-dealkylation sites (tertiary alicyclic amines) is 1. The second-order valence-electron chi connectivity index (χ2n) is 5.79. The largest absolute Gasteiger partial charge is 0.467 e. The highest BCUT2D eigenvalue weighted by Crippen LogP contribution is 2.32. The maximum absolute atomic E-state index is 12.4. The molecule has 6 nitrogen and oxygen atoms in total. The summed E-state index contributed by atoms with van der Waals surface area (Å²) in [6, 6.07) is 7.95. The van der Waals surface area contributed by atoms with Gasteiger partial charge in [-0.15, -0.1) is 0 Å². The number of esters is 1. The number of rotatable bonds is 3. The maximum atomic E-state index is 12.4. The van der Waals surface area contributed by atoms with E-state index in [1.807, 2.05) is 30.3 Å². The van der Waals surface area contributed by atoms with Crippen LogP contribution in [0, 0.1) is 0 Å². The highest BCUT2D eigenvalue weighted by Gasteiger charge is 2.52. The molecule has 0 spiro atoms. The fourth-order valence-corrected chi connectivity index (χ4v) is 2.59. The van der Waals surface area contributed by atoms with E-state index < -0.39 is 23.6 Å². The quantitative estimate of drug-likeness (QED) is 0.630. The number of ketones is 1. The number of ether oxygens (including phenoxy) is 2. The molecule has 0 aliphatic carbocycles. The van der Waals surface area contributed by atoms with Crippen LogP contribution < -0.4 is 0 Å². The number of methoxy groups -OCH3 is 1. The molecule has 1 amide bonds. The molecule has 1 unspecified atom stereocenters. The summed E-state index contributed by atoms with van der Waals surface area (Å²) in [7, 11) is 1.19. The van der Waals surface area contributed by atoms with E-state index in [1.165, 1.54) is 12.0 Å². The molecule has 0 bridgehead atoms. The van der Waals surface area contributed by atoms with Gasteiger partial charge in [-0.2, -0.15) is 0 Å². The first-order chi connectivity index (χ1) is 10.4. The van der Waals surface area contributed by atoms with Crippen LogP contribution in [-0.2, 0) is 25.7 Å². The molecular weight excluding hydrogens is 286 g/mol. The monoisotopic (exact) mass is 305 g/mol. The number of benzene rings is 1. The number of carbonyl (C=O) groups excluding carboxylic acids is 3. The van der Waals surface area contributed by atoms with Crippen LogP contribution >= 0.6 is 0 Å². The molecule has 1 heterocycles. The molecule has 2 rings (SSSR count). The third-order valence-electron chi connectivity index (χ3n) is 3.65. The summed E-state index contributed by atoms with van der Waals surface area (Å²) in [5.41, 5.74) is 0.0396. The van der Waals surface area contributed by atoms with E-state index >= 15 is 0 Å². The summed E-state index contributed by atoms with van der Waals surface area (Å²) in [6.07, 6.45) is -0.608. The molecule has 1 saturated heterocycles. The first-order valence-electron chi connectivity index (χ1n) is 6.97. The topological polar surface area (TPSA) is 72.9 Å². The normalized spacial score (nSPS) is 19.9. The number of carbonyl (C=O) groups is 3. The van der Waals surface area contributed by atoms with Gasteiger partial charge in [-0.25, -0.2) is 9.59 Å². The van der Waals surface area contributed by atoms with Crippen LogP contribution in [0.5, 0.6) is 0 Å². The summed E-state index contributed by atoms with van der Waals surface area (Å²) in [4.78, 5) is 37.4. The van der Waals surface area contributed by atoms with Gasteiger partial charge in [0.05, 0.1) is 7.11 Å². The van der Waals surface area contributed by atoms with Crippen molar-refractivity contribution < 1.29 is 23.9 Å². The van der Waals surface area contributed by atoms with Crippen LogP contribution in [0.1, 0.15) is 25.8 Å². The van der Waals surface area contributed by atoms with Crippen molar-refractivity contribution in [3.8, 4) is 0 Å². The molecule has 6 heteroatoms. The van der Waals surface area contributed by atoms with E-state index in [9.17, 15) is 14.4 Å². The lowest BCUT2D eigenvalue weighted by molar-refractivity contribution is -0.148. The van der Waals surface area contributed by atoms with E-state index in [-0.39, 0.29) is 18.8 Å². The SMILES string of the molecule is COC(=O)C1C(=O)CC(C)(C)N1C(=O)OCc1ccccc1. The maximum Gasteiger partial charge on any atom is 0.411 e. The van der Waals surface area contributed by atoms with Crippen LogP contribution in [0.15, 0.2) is 30.3 Å². The van der Waals surface area contributed by atoms with Gasteiger partial charge < -0.3 is 9.47 Å². The van der Waals surface area contributed by atoms with E-state index in [0.29, 0.717) is 0 Å². The van der Waals surface area contributed by atoms with Gasteiger partial charge >= 0.3 is 12.1 Å². The third-order valence-corrected chi connectivity index (χ3v) is 3.65. The fourth-order valence-electron chi connectivity index (χ4n) is 2.59. The lowest BCUT2D eigenvalue weighted by Gasteiger charge is -2.32. The van der Waals surface area contributed by atoms with Gasteiger partial charge in [0.25, 0.3) is 0 Å². The summed E-state index contributed by atoms with van der Waals surface area (Å²) >= 11 is 0. The van der Waals surface area contributed by atoms with Crippen molar-refractivity contribution in [1.82, 2.24) is 4.90 Å². The zero-order valence-corrected chi connectivity index (χ0v) is 12.9. The predicted molar refractivity (Wildman–Crippen MR) is 78.0 cm³/mol. The smallest absolute Gasteiger partial charge is 0.411 e. The van der Waals surface area contributed by atoms with Crippen molar-refractivity contribution >= 4 is 17.8 Å². The molecular formula is C16H19NO5. The Kier molecular flexibility index (Phi) is 4.49. The summed E-state index contributed by atoms with van der Waals surface area (Å²) in [5.74, 6) is -1.08. The molecule has 1 fully saturated rings. The Balaban J connectivity index is 2.14. The molecule has 1 aromatic rings. The highest BCUT2D eigenvalue weighted by atomic mass is 16.6. The molecule has 0 aromatic heterocycles. The molecule has 1 aromatic carbocycles. The molecule has 1 atom stereocenters. The third kappa shape index (κ3) is 3.10. The molecule has 1 aliphatic heterocycles. The minimum absolute atomic E-state index is 0.0777. The van der Waals surface area contributed by atoms with Crippen LogP contribution in [0.2, 0.25) is 0 Å². The number of amides is 1. The van der Waals surface area contributed by atoms with E-state index in [4.69, 9.17) is 4.74 Å². The first kappa shape index (κ1) is 16.0. The molecule has 0 radical (unpaired) electrons. The average Bonchev–Trinajstić information content (AvgIpc) is 2.74. The Bertz CT molecular complexity index is 581. The van der Waals surface area contributed by atoms with Gasteiger partial charge in [-0.05, 0) is 19.4 Å². The van der Waals surface area contributed by atoms with Crippen LogP contribution in [-0.4, -0.2) is 41.4 Å². The lowest BCUT2D eigenvalue weighted by Crippen LogP contribution is -2.51. The van der Waals surface area contributed by atoms with Crippen molar-refractivity contribution in [3.05, 3.63) is 35.9 Å². The first-order valence-corrected chi connectivity index (χ1v) is 6.97. The van der Waals surface area contributed by atoms with Gasteiger partial charge in [0.15, 0.2) is 11.8 Å². The molecule has 118 valence electrons. The van der Waals surface area contributed by atoms with Gasteiger partial charge in [-0.3, -0.25) is 9.69 Å². The molecule has 22 heavy (non-hydrogen) atoms. The number of hydrogen-bond donors (Lipinski definition) is 0. The van der Waals surface area contributed by atoms with Gasteiger partial charge in [0, 0.05) is 12.0 Å². The van der Waals surface area contributed by atoms with Crippen molar-refractivity contribution in [2.24, 2.45) is 0 Å². The Morgan fingerprint density at radius 2 is 1.91 bits per heavy atom. The van der Waals surface area contributed by atoms with E-state index in [1.54, 1.807) is 13.8 Å². The number of Topliss-reactive ketones (excluding diaryl/α,β-unsaturated/α-hetero) is 1. The zero-order valence-electron chi connectivity index (χ0n) is 12.9. The summed E-state index contributed by atoms with van der Waals surface area (Å²) < 4.78 is 9.88. The van der Waals surface area contributed by atoms with E-state index in [2.05, 4.69) is 4.74 Å². The Labute approximate surface area is 129 Å². The molecule has 0 saturated carbocycles. The lowest BCUT2D eigenvalue weighted by atomic mass is 10.0. The minimum Gasteiger partial charge on any atom is -0.467 e. The Morgan fingerprint density at radius 1 is 1.27 bits per heavy atom. The summed E-state index contributed by atoms with van der Waals surface area (Å²) in [6.45, 7) is 3.52. The second kappa shape index (κ2) is 6.17. The average molecular weight is 305 g/mol. The highest BCUT2D eigenvalue weighted by molar-refractivity contribution is 6.08. The van der Waals surface area contributed by atoms with E-state index in [0.717, 1.165) is 5.56 Å². The number of nitrogens with zero attached hydrogens (tertiary/aromatic N) is 1. The van der Waals surface area contributed by atoms with Crippen LogP contribution in [0.3, 0.4) is 0 Å². The van der Waals surface area contributed by atoms with Gasteiger partial charge in [-0.1, -0.05) is 30.3 Å². The zero-order chi connectivity index (χ0) is 16.3. The van der Waals surface area contributed by atoms with Crippen molar-refractivity contribution in [2.75, 3.05) is 7.11 Å². The molecule has 1 aliphatic rings. The standard InChI is InChI=1S/C16H19NO5/c1-16(2)9-12(18)13(14(19)21-3)17(16)15(20)22-10-11-7-5-4-6-8-11/h4-8,13H,9-10H2,1-3H3. The second-order valence-corrected chi connectivity index (χ2v) is 5.79. The van der Waals surface area contributed by atoms with Crippen molar-refractivity contribution in [1.29, 1.82) is 0 Å². The van der Waals surface area contributed by atoms with Crippen LogP contribution in [0.25, 0.3) is 0 Å². The van der Waals surface area contributed by atoms with Crippen LogP contribution in [0.4, 0.5) is 4.79 Å². The van der Waals surface area contributed by atoms with Crippen molar-refractivity contribution in [3.63, 3.8) is 0 Å². The van der Waals surface area contributed by atoms with Gasteiger partial charge in [0.1, 0.15) is 6.61 Å². The number of hydrogen-bond acceptors (Lipinski definition) is 5. The Hall–Kier alpha value is -2.37. The summed E-state index contributed by atoms with van der Waals surface area (Å²) in [5, 5.41) is 0. The van der Waals surface area contributed by atoms with Crippen molar-refractivity contribution in [2.45, 2.75) is 38.5 Å². The fraction of sp³-hybridized carbons (Fsp3) is 0.438. The Morgan fingerprint density at radius 3 is 2.50 bits per heavy atom. The molecule has 0 N–H and O–H groups in total. The van der Waals surface area contributed by atoms with Gasteiger partial charge in [0.2, 0.25) is 0 Å². The minimum atomic E-state index is -1.23. The predicted octanol–water partition coefficient (Wildman–Crippen LogP) is 1.92.